The quantitative estimate of drug-likeness (QED) is 0.601. The highest BCUT2D eigenvalue weighted by Crippen LogP contribution is 2.14. The van der Waals surface area contributed by atoms with Gasteiger partial charge >= 0.3 is 5.97 Å². The van der Waals surface area contributed by atoms with E-state index in [1.807, 2.05) is 6.92 Å². The molecule has 0 amide bonds. The zero-order chi connectivity index (χ0) is 12.8. The van der Waals surface area contributed by atoms with Gasteiger partial charge in [-0.2, -0.15) is 8.42 Å². The molecule has 0 aliphatic heterocycles. The molecule has 0 aromatic heterocycles. The van der Waals surface area contributed by atoms with Crippen LogP contribution < -0.4 is 0 Å². The number of hydrogen-bond donors (Lipinski definition) is 2. The van der Waals surface area contributed by atoms with Crippen LogP contribution in [0.2, 0.25) is 0 Å². The molecule has 2 atom stereocenters. The molecule has 7 heteroatoms. The maximum absolute atomic E-state index is 10.8. The van der Waals surface area contributed by atoms with Crippen molar-refractivity contribution in [3.8, 4) is 0 Å². The standard InChI is InChI=1S/C9H18O6S/c1-3-4-5-7(9(11)12)8(10)6-15-16(2,13)14/h7-8,10H,3-6H2,1-2H3,(H,11,12). The average molecular weight is 254 g/mol. The van der Waals surface area contributed by atoms with Crippen LogP contribution in [-0.4, -0.2) is 43.6 Å². The molecule has 2 N–H and O–H groups in total. The molecule has 0 aromatic rings. The lowest BCUT2D eigenvalue weighted by molar-refractivity contribution is -0.146. The van der Waals surface area contributed by atoms with Gasteiger partial charge in [0, 0.05) is 0 Å². The Hall–Kier alpha value is -0.660. The van der Waals surface area contributed by atoms with Crippen molar-refractivity contribution in [2.24, 2.45) is 5.92 Å². The van der Waals surface area contributed by atoms with Gasteiger partial charge in [-0.3, -0.25) is 8.98 Å². The Morgan fingerprint density at radius 3 is 2.38 bits per heavy atom. The second-order valence-corrected chi connectivity index (χ2v) is 5.29. The zero-order valence-corrected chi connectivity index (χ0v) is 10.2. The van der Waals surface area contributed by atoms with E-state index in [9.17, 15) is 18.3 Å². The third kappa shape index (κ3) is 6.76. The monoisotopic (exact) mass is 254 g/mol. The molecule has 0 bridgehead atoms. The van der Waals surface area contributed by atoms with Gasteiger partial charge in [-0.15, -0.1) is 0 Å². The highest BCUT2D eigenvalue weighted by molar-refractivity contribution is 7.85. The van der Waals surface area contributed by atoms with Gasteiger partial charge < -0.3 is 10.2 Å². The predicted molar refractivity (Wildman–Crippen MR) is 57.5 cm³/mol. The molecule has 0 radical (unpaired) electrons. The fourth-order valence-electron chi connectivity index (χ4n) is 1.21. The predicted octanol–water partition coefficient (Wildman–Crippen LogP) is 0.215. The van der Waals surface area contributed by atoms with Crippen LogP contribution in [0.15, 0.2) is 0 Å². The van der Waals surface area contributed by atoms with Gasteiger partial charge in [0.15, 0.2) is 0 Å². The molecule has 6 nitrogen and oxygen atoms in total. The van der Waals surface area contributed by atoms with Gasteiger partial charge in [0.25, 0.3) is 10.1 Å². The van der Waals surface area contributed by atoms with E-state index in [2.05, 4.69) is 4.18 Å². The molecule has 0 saturated carbocycles. The first kappa shape index (κ1) is 15.3. The number of carboxylic acids is 1. The summed E-state index contributed by atoms with van der Waals surface area (Å²) in [7, 11) is -3.65. The summed E-state index contributed by atoms with van der Waals surface area (Å²) >= 11 is 0. The summed E-state index contributed by atoms with van der Waals surface area (Å²) in [5.41, 5.74) is 0. The maximum atomic E-state index is 10.8. The zero-order valence-electron chi connectivity index (χ0n) is 9.42. The number of aliphatic hydroxyl groups is 1. The number of carbonyl (C=O) groups is 1. The summed E-state index contributed by atoms with van der Waals surface area (Å²) < 4.78 is 25.7. The van der Waals surface area contributed by atoms with E-state index in [0.717, 1.165) is 12.7 Å². The lowest BCUT2D eigenvalue weighted by atomic mass is 9.97. The summed E-state index contributed by atoms with van der Waals surface area (Å²) in [6.45, 7) is 1.39. The van der Waals surface area contributed by atoms with Crippen LogP contribution in [-0.2, 0) is 19.1 Å². The molecule has 0 spiro atoms. The summed E-state index contributed by atoms with van der Waals surface area (Å²) in [5, 5.41) is 18.3. The van der Waals surface area contributed by atoms with Crippen LogP contribution in [0.25, 0.3) is 0 Å². The molecule has 0 aliphatic carbocycles. The van der Waals surface area contributed by atoms with Crippen molar-refractivity contribution in [2.75, 3.05) is 12.9 Å². The molecule has 0 rings (SSSR count). The van der Waals surface area contributed by atoms with Crippen LogP contribution in [0, 0.1) is 5.92 Å². The number of aliphatic carboxylic acids is 1. The van der Waals surface area contributed by atoms with E-state index >= 15 is 0 Å². The first-order valence-electron chi connectivity index (χ1n) is 5.03. The van der Waals surface area contributed by atoms with Crippen molar-refractivity contribution >= 4 is 16.1 Å². The summed E-state index contributed by atoms with van der Waals surface area (Å²) in [6, 6.07) is 0. The molecule has 0 heterocycles. The lowest BCUT2D eigenvalue weighted by Gasteiger charge is -2.18. The van der Waals surface area contributed by atoms with Crippen molar-refractivity contribution in [3.63, 3.8) is 0 Å². The van der Waals surface area contributed by atoms with Gasteiger partial charge in [-0.1, -0.05) is 19.8 Å². The number of rotatable bonds is 8. The average Bonchev–Trinajstić information content (AvgIpc) is 2.13. The second-order valence-electron chi connectivity index (χ2n) is 3.64. The van der Waals surface area contributed by atoms with E-state index in [1.54, 1.807) is 0 Å². The van der Waals surface area contributed by atoms with E-state index in [-0.39, 0.29) is 0 Å². The minimum Gasteiger partial charge on any atom is -0.481 e. The highest BCUT2D eigenvalue weighted by Gasteiger charge is 2.26. The summed E-state index contributed by atoms with van der Waals surface area (Å²) in [5.74, 6) is -2.13. The van der Waals surface area contributed by atoms with E-state index < -0.39 is 34.7 Å². The Bertz CT molecular complexity index is 310. The van der Waals surface area contributed by atoms with E-state index in [0.29, 0.717) is 12.8 Å². The molecule has 2 unspecified atom stereocenters. The van der Waals surface area contributed by atoms with Crippen LogP contribution in [0.1, 0.15) is 26.2 Å². The fourth-order valence-corrected chi connectivity index (χ4v) is 1.60. The Morgan fingerprint density at radius 1 is 1.44 bits per heavy atom. The fraction of sp³-hybridized carbons (Fsp3) is 0.889. The minimum absolute atomic E-state index is 0.306. The van der Waals surface area contributed by atoms with Gasteiger partial charge in [-0.05, 0) is 6.42 Å². The summed E-state index contributed by atoms with van der Waals surface area (Å²) in [6.07, 6.45) is 1.32. The van der Waals surface area contributed by atoms with E-state index in [1.165, 1.54) is 0 Å². The second kappa shape index (κ2) is 6.82. The number of unbranched alkanes of at least 4 members (excludes halogenated alkanes) is 1. The molecular formula is C9H18O6S. The van der Waals surface area contributed by atoms with E-state index in [4.69, 9.17) is 5.11 Å². The number of aliphatic hydroxyl groups excluding tert-OH is 1. The van der Waals surface area contributed by atoms with Gasteiger partial charge in [-0.25, -0.2) is 0 Å². The number of carboxylic acid groups (broad SMARTS) is 1. The molecule has 96 valence electrons. The molecule has 0 fully saturated rings. The van der Waals surface area contributed by atoms with Crippen LogP contribution in [0.4, 0.5) is 0 Å². The molecule has 0 aromatic carbocycles. The number of hydrogen-bond acceptors (Lipinski definition) is 5. The molecular weight excluding hydrogens is 236 g/mol. The van der Waals surface area contributed by atoms with Crippen molar-refractivity contribution in [3.05, 3.63) is 0 Å². The van der Waals surface area contributed by atoms with Crippen molar-refractivity contribution in [1.82, 2.24) is 0 Å². The van der Waals surface area contributed by atoms with Crippen LogP contribution in [0.5, 0.6) is 0 Å². The molecule has 16 heavy (non-hydrogen) atoms. The first-order chi connectivity index (χ1) is 7.28. The highest BCUT2D eigenvalue weighted by atomic mass is 32.2. The normalized spacial score (nSPS) is 15.7. The third-order valence-corrected chi connectivity index (χ3v) is 2.67. The molecule has 0 aliphatic rings. The minimum atomic E-state index is -3.65. The smallest absolute Gasteiger partial charge is 0.309 e. The Labute approximate surface area is 95.4 Å². The van der Waals surface area contributed by atoms with Crippen LogP contribution >= 0.6 is 0 Å². The Balaban J connectivity index is 4.27. The largest absolute Gasteiger partial charge is 0.481 e. The summed E-state index contributed by atoms with van der Waals surface area (Å²) in [4.78, 5) is 10.8. The SMILES string of the molecule is CCCCC(C(=O)O)C(O)COS(C)(=O)=O. The van der Waals surface area contributed by atoms with Crippen molar-refractivity contribution in [2.45, 2.75) is 32.3 Å². The Morgan fingerprint density at radius 2 is 2.00 bits per heavy atom. The Kier molecular flexibility index (Phi) is 6.54. The van der Waals surface area contributed by atoms with Gasteiger partial charge in [0.1, 0.15) is 0 Å². The maximum Gasteiger partial charge on any atom is 0.309 e. The van der Waals surface area contributed by atoms with Gasteiger partial charge in [0.2, 0.25) is 0 Å². The molecule has 0 saturated heterocycles. The lowest BCUT2D eigenvalue weighted by Crippen LogP contribution is -2.32. The topological polar surface area (TPSA) is 101 Å². The van der Waals surface area contributed by atoms with Crippen molar-refractivity contribution < 1.29 is 27.6 Å². The third-order valence-electron chi connectivity index (χ3n) is 2.10. The first-order valence-corrected chi connectivity index (χ1v) is 6.84. The van der Waals surface area contributed by atoms with Crippen molar-refractivity contribution in [1.29, 1.82) is 0 Å². The van der Waals surface area contributed by atoms with Gasteiger partial charge in [0.05, 0.1) is 24.9 Å². The van der Waals surface area contributed by atoms with Crippen LogP contribution in [0.3, 0.4) is 0 Å².